The maximum absolute atomic E-state index is 12.3. The van der Waals surface area contributed by atoms with E-state index >= 15 is 0 Å². The van der Waals surface area contributed by atoms with Crippen LogP contribution < -0.4 is 10.1 Å². The van der Waals surface area contributed by atoms with Gasteiger partial charge in [-0.15, -0.1) is 11.3 Å². The van der Waals surface area contributed by atoms with Crippen LogP contribution in [0.1, 0.15) is 39.3 Å². The van der Waals surface area contributed by atoms with Gasteiger partial charge in [-0.1, -0.05) is 11.6 Å². The molecule has 122 valence electrons. The van der Waals surface area contributed by atoms with Crippen molar-refractivity contribution in [3.05, 3.63) is 39.9 Å². The third kappa shape index (κ3) is 4.39. The zero-order valence-electron chi connectivity index (χ0n) is 13.7. The summed E-state index contributed by atoms with van der Waals surface area (Å²) >= 11 is 1.43. The fourth-order valence-electron chi connectivity index (χ4n) is 2.11. The summed E-state index contributed by atoms with van der Waals surface area (Å²) in [5.41, 5.74) is 2.40. The Hall–Kier alpha value is -2.21. The number of aromatic nitrogens is 1. The van der Waals surface area contributed by atoms with Gasteiger partial charge in [0.05, 0.1) is 18.4 Å². The highest BCUT2D eigenvalue weighted by Crippen LogP contribution is 2.23. The predicted molar refractivity (Wildman–Crippen MR) is 91.5 cm³/mol. The van der Waals surface area contributed by atoms with Gasteiger partial charge in [0.15, 0.2) is 10.9 Å². The number of carbonyl (C=O) groups is 2. The Balaban J connectivity index is 1.96. The van der Waals surface area contributed by atoms with Gasteiger partial charge < -0.3 is 10.1 Å². The number of ether oxygens (including phenoxy) is 1. The van der Waals surface area contributed by atoms with Gasteiger partial charge in [-0.25, -0.2) is 4.98 Å². The van der Waals surface area contributed by atoms with Crippen LogP contribution in [0.4, 0.5) is 5.13 Å². The number of hydrogen-bond acceptors (Lipinski definition) is 5. The van der Waals surface area contributed by atoms with Crippen molar-refractivity contribution in [2.45, 2.75) is 33.6 Å². The van der Waals surface area contributed by atoms with Gasteiger partial charge in [0, 0.05) is 17.7 Å². The van der Waals surface area contributed by atoms with E-state index < -0.39 is 0 Å². The quantitative estimate of drug-likeness (QED) is 0.819. The number of amides is 1. The molecule has 0 aliphatic carbocycles. The van der Waals surface area contributed by atoms with Crippen molar-refractivity contribution in [3.63, 3.8) is 0 Å². The highest BCUT2D eigenvalue weighted by molar-refractivity contribution is 7.15. The number of anilines is 1. The molecule has 0 aliphatic heterocycles. The zero-order chi connectivity index (χ0) is 17.0. The Kier molecular flexibility index (Phi) is 5.50. The number of ketones is 1. The fourth-order valence-corrected chi connectivity index (χ4v) is 2.94. The number of Topliss-reactive ketones (excluding diaryl/α,β-unsaturated/α-hetero) is 1. The largest absolute Gasteiger partial charge is 0.496 e. The van der Waals surface area contributed by atoms with Gasteiger partial charge in [0.1, 0.15) is 5.75 Å². The van der Waals surface area contributed by atoms with Gasteiger partial charge >= 0.3 is 0 Å². The highest BCUT2D eigenvalue weighted by Gasteiger charge is 2.15. The molecular formula is C17H20N2O3S. The topological polar surface area (TPSA) is 68.3 Å². The molecule has 1 amide bonds. The maximum atomic E-state index is 12.3. The van der Waals surface area contributed by atoms with E-state index in [2.05, 4.69) is 10.3 Å². The number of nitrogens with zero attached hydrogens (tertiary/aromatic N) is 1. The van der Waals surface area contributed by atoms with Gasteiger partial charge in [0.2, 0.25) is 5.91 Å². The second-order valence-electron chi connectivity index (χ2n) is 5.34. The lowest BCUT2D eigenvalue weighted by Crippen LogP contribution is -2.13. The van der Waals surface area contributed by atoms with E-state index in [4.69, 9.17) is 4.74 Å². The smallest absolute Gasteiger partial charge is 0.226 e. The first-order valence-corrected chi connectivity index (χ1v) is 8.14. The first-order chi connectivity index (χ1) is 10.9. The Morgan fingerprint density at radius 3 is 2.57 bits per heavy atom. The monoisotopic (exact) mass is 332 g/mol. The summed E-state index contributed by atoms with van der Waals surface area (Å²) in [6, 6.07) is 5.44. The summed E-state index contributed by atoms with van der Waals surface area (Å²) in [4.78, 5) is 29.6. The molecule has 0 atom stereocenters. The molecule has 2 rings (SSSR count). The normalized spacial score (nSPS) is 10.4. The Morgan fingerprint density at radius 1 is 1.22 bits per heavy atom. The Morgan fingerprint density at radius 2 is 1.96 bits per heavy atom. The van der Waals surface area contributed by atoms with E-state index in [9.17, 15) is 9.59 Å². The van der Waals surface area contributed by atoms with Gasteiger partial charge in [-0.3, -0.25) is 9.59 Å². The molecule has 0 saturated carbocycles. The number of carbonyl (C=O) groups excluding carboxylic acids is 2. The van der Waals surface area contributed by atoms with E-state index in [1.165, 1.54) is 18.4 Å². The molecule has 0 radical (unpaired) electrons. The van der Waals surface area contributed by atoms with Gasteiger partial charge in [-0.05, 0) is 32.9 Å². The maximum Gasteiger partial charge on any atom is 0.226 e. The summed E-state index contributed by atoms with van der Waals surface area (Å²) in [7, 11) is 1.53. The van der Waals surface area contributed by atoms with Crippen LogP contribution in [0.25, 0.3) is 0 Å². The van der Waals surface area contributed by atoms with E-state index in [-0.39, 0.29) is 24.5 Å². The zero-order valence-corrected chi connectivity index (χ0v) is 14.5. The molecule has 1 aromatic heterocycles. The van der Waals surface area contributed by atoms with Crippen LogP contribution >= 0.6 is 11.3 Å². The van der Waals surface area contributed by atoms with Gasteiger partial charge in [-0.2, -0.15) is 0 Å². The SMILES string of the molecule is COc1ccc(C)cc1C(=O)CCC(=O)Nc1nc(C)c(C)s1. The lowest BCUT2D eigenvalue weighted by Gasteiger charge is -2.08. The lowest BCUT2D eigenvalue weighted by atomic mass is 10.0. The van der Waals surface area contributed by atoms with Gasteiger partial charge in [0.25, 0.3) is 0 Å². The van der Waals surface area contributed by atoms with E-state index in [0.717, 1.165) is 16.1 Å². The third-order valence-electron chi connectivity index (χ3n) is 3.51. The number of benzene rings is 1. The summed E-state index contributed by atoms with van der Waals surface area (Å²) in [5, 5.41) is 3.31. The average molecular weight is 332 g/mol. The molecule has 1 heterocycles. The number of aryl methyl sites for hydroxylation is 3. The molecule has 2 aromatic rings. The van der Waals surface area contributed by atoms with Crippen molar-refractivity contribution in [1.82, 2.24) is 4.98 Å². The molecule has 0 spiro atoms. The number of nitrogens with one attached hydrogen (secondary N) is 1. The van der Waals surface area contributed by atoms with Crippen molar-refractivity contribution in [2.75, 3.05) is 12.4 Å². The number of hydrogen-bond donors (Lipinski definition) is 1. The van der Waals surface area contributed by atoms with Crippen LogP contribution in [0.3, 0.4) is 0 Å². The summed E-state index contributed by atoms with van der Waals surface area (Å²) in [5.74, 6) is 0.220. The van der Waals surface area contributed by atoms with Crippen molar-refractivity contribution in [1.29, 1.82) is 0 Å². The molecule has 23 heavy (non-hydrogen) atoms. The number of methoxy groups -OCH3 is 1. The second kappa shape index (κ2) is 7.37. The van der Waals surface area contributed by atoms with E-state index in [0.29, 0.717) is 16.4 Å². The summed E-state index contributed by atoms with van der Waals surface area (Å²) in [6.45, 7) is 5.77. The minimum atomic E-state index is -0.210. The van der Waals surface area contributed by atoms with Crippen molar-refractivity contribution >= 4 is 28.2 Å². The third-order valence-corrected chi connectivity index (χ3v) is 4.50. The predicted octanol–water partition coefficient (Wildman–Crippen LogP) is 3.68. The number of thiazole rings is 1. The van der Waals surface area contributed by atoms with Crippen LogP contribution in [0.15, 0.2) is 18.2 Å². The molecule has 0 aliphatic rings. The minimum Gasteiger partial charge on any atom is -0.496 e. The van der Waals surface area contributed by atoms with Crippen molar-refractivity contribution < 1.29 is 14.3 Å². The molecule has 0 unspecified atom stereocenters. The molecule has 6 heteroatoms. The Labute approximate surface area is 139 Å². The van der Waals surface area contributed by atoms with Crippen LogP contribution in [-0.2, 0) is 4.79 Å². The van der Waals surface area contributed by atoms with Crippen molar-refractivity contribution in [2.24, 2.45) is 0 Å². The molecule has 1 N–H and O–H groups in total. The molecule has 0 fully saturated rings. The summed E-state index contributed by atoms with van der Waals surface area (Å²) < 4.78 is 5.21. The second-order valence-corrected chi connectivity index (χ2v) is 6.54. The summed E-state index contributed by atoms with van der Waals surface area (Å²) in [6.07, 6.45) is 0.253. The van der Waals surface area contributed by atoms with Crippen LogP contribution in [0, 0.1) is 20.8 Å². The lowest BCUT2D eigenvalue weighted by molar-refractivity contribution is -0.116. The van der Waals surface area contributed by atoms with Crippen LogP contribution in [0.5, 0.6) is 5.75 Å². The molecular weight excluding hydrogens is 312 g/mol. The fraction of sp³-hybridized carbons (Fsp3) is 0.353. The van der Waals surface area contributed by atoms with E-state index in [1.807, 2.05) is 26.8 Å². The van der Waals surface area contributed by atoms with Crippen LogP contribution in [0.2, 0.25) is 0 Å². The van der Waals surface area contributed by atoms with E-state index in [1.54, 1.807) is 12.1 Å². The van der Waals surface area contributed by atoms with Crippen LogP contribution in [-0.4, -0.2) is 23.8 Å². The first-order valence-electron chi connectivity index (χ1n) is 7.32. The molecule has 0 saturated heterocycles. The minimum absolute atomic E-state index is 0.104. The molecule has 1 aromatic carbocycles. The Bertz CT molecular complexity index is 718. The average Bonchev–Trinajstić information content (AvgIpc) is 2.82. The standard InChI is InChI=1S/C17H20N2O3S/c1-10-5-7-15(22-4)13(9-10)14(20)6-8-16(21)19-17-18-11(2)12(3)23-17/h5,7,9H,6,8H2,1-4H3,(H,18,19,21). The highest BCUT2D eigenvalue weighted by atomic mass is 32.1. The van der Waals surface area contributed by atoms with Crippen molar-refractivity contribution in [3.8, 4) is 5.75 Å². The molecule has 0 bridgehead atoms. The first kappa shape index (κ1) is 17.1. The number of rotatable bonds is 6. The molecule has 5 nitrogen and oxygen atoms in total.